The predicted octanol–water partition coefficient (Wildman–Crippen LogP) is 2.46. The first-order chi connectivity index (χ1) is 4.17. The van der Waals surface area contributed by atoms with Crippen molar-refractivity contribution in [3.8, 4) is 0 Å². The van der Waals surface area contributed by atoms with Crippen molar-refractivity contribution in [1.82, 2.24) is 0 Å². The molecule has 0 N–H and O–H groups in total. The fourth-order valence-electron chi connectivity index (χ4n) is 0.996. The van der Waals surface area contributed by atoms with Gasteiger partial charge in [0, 0.05) is 0 Å². The third-order valence-electron chi connectivity index (χ3n) is 1.74. The van der Waals surface area contributed by atoms with Crippen LogP contribution in [0.25, 0.3) is 0 Å². The van der Waals surface area contributed by atoms with Gasteiger partial charge in [-0.25, -0.2) is 0 Å². The SMILES string of the molecule is CC1(C)OCC/C1=C\Br. The third-order valence-corrected chi connectivity index (χ3v) is 2.29. The highest BCUT2D eigenvalue weighted by atomic mass is 79.9. The Morgan fingerprint density at radius 1 is 1.67 bits per heavy atom. The van der Waals surface area contributed by atoms with Crippen LogP contribution in [0.3, 0.4) is 0 Å². The Hall–Kier alpha value is 0.180. The molecule has 0 atom stereocenters. The van der Waals surface area contributed by atoms with Crippen LogP contribution in [0.5, 0.6) is 0 Å². The van der Waals surface area contributed by atoms with Crippen LogP contribution in [-0.4, -0.2) is 12.2 Å². The highest BCUT2D eigenvalue weighted by molar-refractivity contribution is 9.11. The molecular weight excluding hydrogens is 180 g/mol. The van der Waals surface area contributed by atoms with Gasteiger partial charge in [0.15, 0.2) is 0 Å². The molecule has 0 amide bonds. The minimum absolute atomic E-state index is 0.0243. The Morgan fingerprint density at radius 2 is 2.33 bits per heavy atom. The van der Waals surface area contributed by atoms with Gasteiger partial charge in [0.25, 0.3) is 0 Å². The molecule has 0 unspecified atom stereocenters. The van der Waals surface area contributed by atoms with E-state index in [4.69, 9.17) is 4.74 Å². The van der Waals surface area contributed by atoms with Gasteiger partial charge in [-0.15, -0.1) is 0 Å². The summed E-state index contributed by atoms with van der Waals surface area (Å²) in [4.78, 5) is 1.97. The average molecular weight is 191 g/mol. The summed E-state index contributed by atoms with van der Waals surface area (Å²) in [6.07, 6.45) is 1.07. The maximum absolute atomic E-state index is 5.45. The Morgan fingerprint density at radius 3 is 2.56 bits per heavy atom. The molecule has 1 rings (SSSR count). The zero-order chi connectivity index (χ0) is 6.91. The van der Waals surface area contributed by atoms with E-state index in [-0.39, 0.29) is 5.60 Å². The molecule has 0 radical (unpaired) electrons. The quantitative estimate of drug-likeness (QED) is 0.571. The number of hydrogen-bond acceptors (Lipinski definition) is 1. The van der Waals surface area contributed by atoms with E-state index in [1.54, 1.807) is 0 Å². The van der Waals surface area contributed by atoms with Gasteiger partial charge < -0.3 is 4.74 Å². The minimum Gasteiger partial charge on any atom is -0.371 e. The molecule has 9 heavy (non-hydrogen) atoms. The van der Waals surface area contributed by atoms with Crippen LogP contribution in [0.2, 0.25) is 0 Å². The molecule has 0 aromatic carbocycles. The molecule has 1 heterocycles. The first-order valence-corrected chi connectivity index (χ1v) is 4.02. The van der Waals surface area contributed by atoms with Gasteiger partial charge in [0.1, 0.15) is 0 Å². The molecule has 0 spiro atoms. The van der Waals surface area contributed by atoms with Crippen molar-refractivity contribution in [2.75, 3.05) is 6.61 Å². The van der Waals surface area contributed by atoms with Crippen LogP contribution in [-0.2, 0) is 4.74 Å². The van der Waals surface area contributed by atoms with Gasteiger partial charge in [0.2, 0.25) is 0 Å². The van der Waals surface area contributed by atoms with E-state index in [1.807, 2.05) is 4.99 Å². The zero-order valence-corrected chi connectivity index (χ0v) is 7.36. The van der Waals surface area contributed by atoms with E-state index in [1.165, 1.54) is 5.57 Å². The second kappa shape index (κ2) is 2.43. The van der Waals surface area contributed by atoms with Gasteiger partial charge in [-0.1, -0.05) is 15.9 Å². The molecular formula is C7H11BrO. The van der Waals surface area contributed by atoms with Gasteiger partial charge in [-0.3, -0.25) is 0 Å². The number of halogens is 1. The van der Waals surface area contributed by atoms with Gasteiger partial charge >= 0.3 is 0 Å². The average Bonchev–Trinajstić information content (AvgIpc) is 2.08. The summed E-state index contributed by atoms with van der Waals surface area (Å²) in [7, 11) is 0. The number of hydrogen-bond donors (Lipinski definition) is 0. The predicted molar refractivity (Wildman–Crippen MR) is 41.7 cm³/mol. The van der Waals surface area contributed by atoms with Gasteiger partial charge in [-0.2, -0.15) is 0 Å². The van der Waals surface area contributed by atoms with Crippen molar-refractivity contribution < 1.29 is 4.74 Å². The number of rotatable bonds is 0. The summed E-state index contributed by atoms with van der Waals surface area (Å²) >= 11 is 3.31. The molecule has 1 aliphatic heterocycles. The third kappa shape index (κ3) is 1.36. The first-order valence-electron chi connectivity index (χ1n) is 3.10. The lowest BCUT2D eigenvalue weighted by molar-refractivity contribution is 0.0553. The highest BCUT2D eigenvalue weighted by Crippen LogP contribution is 2.30. The summed E-state index contributed by atoms with van der Waals surface area (Å²) in [5.41, 5.74) is 1.33. The summed E-state index contributed by atoms with van der Waals surface area (Å²) in [6.45, 7) is 5.05. The topological polar surface area (TPSA) is 9.23 Å². The fourth-order valence-corrected chi connectivity index (χ4v) is 1.78. The van der Waals surface area contributed by atoms with Gasteiger partial charge in [-0.05, 0) is 30.8 Å². The summed E-state index contributed by atoms with van der Waals surface area (Å²) in [6, 6.07) is 0. The van der Waals surface area contributed by atoms with Crippen LogP contribution in [0.1, 0.15) is 20.3 Å². The normalized spacial score (nSPS) is 29.4. The Balaban J connectivity index is 2.75. The Kier molecular flexibility index (Phi) is 1.97. The van der Waals surface area contributed by atoms with E-state index >= 15 is 0 Å². The highest BCUT2D eigenvalue weighted by Gasteiger charge is 2.28. The van der Waals surface area contributed by atoms with Crippen LogP contribution < -0.4 is 0 Å². The lowest BCUT2D eigenvalue weighted by atomic mass is 10.0. The van der Waals surface area contributed by atoms with E-state index in [0.29, 0.717) is 0 Å². The maximum atomic E-state index is 5.45. The summed E-state index contributed by atoms with van der Waals surface area (Å²) in [5, 5.41) is 0. The lowest BCUT2D eigenvalue weighted by Crippen LogP contribution is -2.18. The standard InChI is InChI=1S/C7H11BrO/c1-7(2)6(5-8)3-4-9-7/h5H,3-4H2,1-2H3/b6-5+. The van der Waals surface area contributed by atoms with E-state index in [0.717, 1.165) is 13.0 Å². The Bertz CT molecular complexity index is 138. The molecule has 1 nitrogen and oxygen atoms in total. The molecule has 2 heteroatoms. The second-order valence-electron chi connectivity index (χ2n) is 2.74. The van der Waals surface area contributed by atoms with E-state index < -0.39 is 0 Å². The van der Waals surface area contributed by atoms with Crippen LogP contribution in [0.4, 0.5) is 0 Å². The molecule has 0 aliphatic carbocycles. The molecule has 52 valence electrons. The molecule has 0 aromatic rings. The van der Waals surface area contributed by atoms with Crippen LogP contribution in [0, 0.1) is 0 Å². The minimum atomic E-state index is -0.0243. The smallest absolute Gasteiger partial charge is 0.0844 e. The van der Waals surface area contributed by atoms with Crippen LogP contribution >= 0.6 is 15.9 Å². The second-order valence-corrected chi connectivity index (χ2v) is 3.20. The molecule has 0 saturated carbocycles. The molecule has 1 fully saturated rings. The number of ether oxygens (including phenoxy) is 1. The fraction of sp³-hybridized carbons (Fsp3) is 0.714. The summed E-state index contributed by atoms with van der Waals surface area (Å²) < 4.78 is 5.45. The summed E-state index contributed by atoms with van der Waals surface area (Å²) in [5.74, 6) is 0. The zero-order valence-electron chi connectivity index (χ0n) is 5.78. The van der Waals surface area contributed by atoms with Crippen molar-refractivity contribution in [3.05, 3.63) is 10.6 Å². The van der Waals surface area contributed by atoms with Gasteiger partial charge in [0.05, 0.1) is 12.2 Å². The monoisotopic (exact) mass is 190 g/mol. The van der Waals surface area contributed by atoms with Crippen molar-refractivity contribution in [2.24, 2.45) is 0 Å². The van der Waals surface area contributed by atoms with Crippen LogP contribution in [0.15, 0.2) is 10.6 Å². The van der Waals surface area contributed by atoms with Crippen molar-refractivity contribution >= 4 is 15.9 Å². The van der Waals surface area contributed by atoms with Crippen molar-refractivity contribution in [2.45, 2.75) is 25.9 Å². The van der Waals surface area contributed by atoms with E-state index in [2.05, 4.69) is 29.8 Å². The first kappa shape index (κ1) is 7.29. The van der Waals surface area contributed by atoms with Crippen molar-refractivity contribution in [3.63, 3.8) is 0 Å². The molecule has 1 aliphatic rings. The van der Waals surface area contributed by atoms with Crippen molar-refractivity contribution in [1.29, 1.82) is 0 Å². The lowest BCUT2D eigenvalue weighted by Gasteiger charge is -2.17. The molecule has 0 aromatic heterocycles. The molecule has 1 saturated heterocycles. The Labute approximate surface area is 64.2 Å². The van der Waals surface area contributed by atoms with E-state index in [9.17, 15) is 0 Å². The largest absolute Gasteiger partial charge is 0.371 e. The molecule has 0 bridgehead atoms. The maximum Gasteiger partial charge on any atom is 0.0844 e.